The molecule has 1 heterocycles. The van der Waals surface area contributed by atoms with Crippen LogP contribution in [0.2, 0.25) is 0 Å². The summed E-state index contributed by atoms with van der Waals surface area (Å²) >= 11 is 0. The Labute approximate surface area is 124 Å². The minimum absolute atomic E-state index is 0.0509. The van der Waals surface area contributed by atoms with E-state index in [1.54, 1.807) is 18.9 Å². The van der Waals surface area contributed by atoms with Gasteiger partial charge in [0.1, 0.15) is 0 Å². The van der Waals surface area contributed by atoms with E-state index < -0.39 is 11.4 Å². The SMILES string of the molecule is CNC(=O)CC(C)NC(=O)N1C[C@@H]2CCC[C@@]2(C(=O)O)C1. The molecule has 3 N–H and O–H groups in total. The van der Waals surface area contributed by atoms with Gasteiger partial charge in [0.2, 0.25) is 5.91 Å². The molecule has 2 fully saturated rings. The Hall–Kier alpha value is -1.79. The number of carbonyl (C=O) groups excluding carboxylic acids is 2. The van der Waals surface area contributed by atoms with Crippen molar-refractivity contribution in [1.82, 2.24) is 15.5 Å². The minimum Gasteiger partial charge on any atom is -0.481 e. The van der Waals surface area contributed by atoms with Gasteiger partial charge in [-0.3, -0.25) is 9.59 Å². The molecule has 3 amide bonds. The van der Waals surface area contributed by atoms with Crippen molar-refractivity contribution in [2.75, 3.05) is 20.1 Å². The number of urea groups is 1. The second-order valence-corrected chi connectivity index (χ2v) is 6.16. The number of hydrogen-bond donors (Lipinski definition) is 3. The summed E-state index contributed by atoms with van der Waals surface area (Å²) < 4.78 is 0. The maximum atomic E-state index is 12.2. The van der Waals surface area contributed by atoms with Gasteiger partial charge < -0.3 is 20.6 Å². The predicted molar refractivity (Wildman–Crippen MR) is 75.7 cm³/mol. The molecular formula is C14H23N3O4. The molecular weight excluding hydrogens is 274 g/mol. The van der Waals surface area contributed by atoms with Crippen LogP contribution < -0.4 is 10.6 Å². The maximum absolute atomic E-state index is 12.2. The standard InChI is InChI=1S/C14H23N3O4/c1-9(6-11(18)15-2)16-13(21)17-7-10-4-3-5-14(10,8-17)12(19)20/h9-10H,3-8H2,1-2H3,(H,15,18)(H,16,21)(H,19,20)/t9?,10-,14+/m0/s1. The highest BCUT2D eigenvalue weighted by Gasteiger charge is 2.55. The number of likely N-dealkylation sites (tertiary alicyclic amines) is 1. The smallest absolute Gasteiger partial charge is 0.317 e. The second kappa shape index (κ2) is 5.91. The topological polar surface area (TPSA) is 98.7 Å². The molecule has 118 valence electrons. The maximum Gasteiger partial charge on any atom is 0.317 e. The summed E-state index contributed by atoms with van der Waals surface area (Å²) in [4.78, 5) is 36.6. The molecule has 21 heavy (non-hydrogen) atoms. The summed E-state index contributed by atoms with van der Waals surface area (Å²) in [5.74, 6) is -0.878. The van der Waals surface area contributed by atoms with Crippen LogP contribution in [0.4, 0.5) is 4.79 Å². The number of hydrogen-bond acceptors (Lipinski definition) is 3. The normalized spacial score (nSPS) is 28.9. The molecule has 3 atom stereocenters. The molecule has 0 aromatic heterocycles. The van der Waals surface area contributed by atoms with Crippen molar-refractivity contribution in [3.8, 4) is 0 Å². The lowest BCUT2D eigenvalue weighted by atomic mass is 9.81. The van der Waals surface area contributed by atoms with Crippen LogP contribution in [-0.4, -0.2) is 54.1 Å². The number of carboxylic acid groups (broad SMARTS) is 1. The van der Waals surface area contributed by atoms with Gasteiger partial charge in [0.25, 0.3) is 0 Å². The summed E-state index contributed by atoms with van der Waals surface area (Å²) in [6, 6.07) is -0.555. The summed E-state index contributed by atoms with van der Waals surface area (Å²) in [5.41, 5.74) is -0.763. The molecule has 7 heteroatoms. The number of nitrogens with zero attached hydrogens (tertiary/aromatic N) is 1. The third-order valence-electron chi connectivity index (χ3n) is 4.72. The van der Waals surface area contributed by atoms with Gasteiger partial charge >= 0.3 is 12.0 Å². The minimum atomic E-state index is -0.793. The fraction of sp³-hybridized carbons (Fsp3) is 0.786. The van der Waals surface area contributed by atoms with E-state index in [1.807, 2.05) is 0 Å². The van der Waals surface area contributed by atoms with Crippen LogP contribution in [0.3, 0.4) is 0 Å². The number of amides is 3. The zero-order chi connectivity index (χ0) is 15.6. The average Bonchev–Trinajstić information content (AvgIpc) is 2.95. The molecule has 0 radical (unpaired) electrons. The monoisotopic (exact) mass is 297 g/mol. The zero-order valence-electron chi connectivity index (χ0n) is 12.5. The highest BCUT2D eigenvalue weighted by molar-refractivity contribution is 5.81. The van der Waals surface area contributed by atoms with Gasteiger partial charge in [0.05, 0.1) is 5.41 Å². The molecule has 2 rings (SSSR count). The number of rotatable bonds is 4. The van der Waals surface area contributed by atoms with Crippen molar-refractivity contribution in [1.29, 1.82) is 0 Å². The van der Waals surface area contributed by atoms with E-state index in [0.717, 1.165) is 12.8 Å². The first-order chi connectivity index (χ1) is 9.89. The number of carboxylic acids is 1. The van der Waals surface area contributed by atoms with Crippen molar-refractivity contribution in [3.63, 3.8) is 0 Å². The van der Waals surface area contributed by atoms with Gasteiger partial charge in [-0.1, -0.05) is 6.42 Å². The van der Waals surface area contributed by atoms with E-state index in [-0.39, 0.29) is 36.9 Å². The molecule has 1 unspecified atom stereocenters. The fourth-order valence-corrected chi connectivity index (χ4v) is 3.53. The molecule has 7 nitrogen and oxygen atoms in total. The van der Waals surface area contributed by atoms with Crippen LogP contribution in [0.1, 0.15) is 32.6 Å². The quantitative estimate of drug-likeness (QED) is 0.700. The lowest BCUT2D eigenvalue weighted by Gasteiger charge is -2.24. The van der Waals surface area contributed by atoms with Crippen molar-refractivity contribution in [2.24, 2.45) is 11.3 Å². The van der Waals surface area contributed by atoms with Crippen molar-refractivity contribution in [3.05, 3.63) is 0 Å². The Morgan fingerprint density at radius 2 is 2.14 bits per heavy atom. The fourth-order valence-electron chi connectivity index (χ4n) is 3.53. The molecule has 1 aliphatic carbocycles. The number of aliphatic carboxylic acids is 1. The lowest BCUT2D eigenvalue weighted by Crippen LogP contribution is -2.45. The summed E-state index contributed by atoms with van der Waals surface area (Å²) in [6.45, 7) is 2.52. The van der Waals surface area contributed by atoms with Crippen molar-refractivity contribution < 1.29 is 19.5 Å². The molecule has 1 saturated heterocycles. The number of carbonyl (C=O) groups is 3. The largest absolute Gasteiger partial charge is 0.481 e. The van der Waals surface area contributed by atoms with Gasteiger partial charge in [-0.15, -0.1) is 0 Å². The third kappa shape index (κ3) is 2.96. The Bertz CT molecular complexity index is 454. The molecule has 0 aromatic rings. The third-order valence-corrected chi connectivity index (χ3v) is 4.72. The van der Waals surface area contributed by atoms with Crippen molar-refractivity contribution in [2.45, 2.75) is 38.6 Å². The Kier molecular flexibility index (Phi) is 4.39. The first-order valence-corrected chi connectivity index (χ1v) is 7.38. The summed E-state index contributed by atoms with van der Waals surface area (Å²) in [6.07, 6.45) is 2.64. The Morgan fingerprint density at radius 1 is 1.43 bits per heavy atom. The van der Waals surface area contributed by atoms with Gasteiger partial charge in [0.15, 0.2) is 0 Å². The van der Waals surface area contributed by atoms with Gasteiger partial charge in [0, 0.05) is 32.6 Å². The predicted octanol–water partition coefficient (Wildman–Crippen LogP) is 0.407. The van der Waals surface area contributed by atoms with Gasteiger partial charge in [-0.25, -0.2) is 4.79 Å². The first-order valence-electron chi connectivity index (χ1n) is 7.38. The van der Waals surface area contributed by atoms with Crippen LogP contribution >= 0.6 is 0 Å². The lowest BCUT2D eigenvalue weighted by molar-refractivity contribution is -0.149. The summed E-state index contributed by atoms with van der Waals surface area (Å²) in [7, 11) is 1.55. The van der Waals surface area contributed by atoms with Crippen LogP contribution in [0.25, 0.3) is 0 Å². The van der Waals surface area contributed by atoms with E-state index in [0.29, 0.717) is 13.0 Å². The van der Waals surface area contributed by atoms with E-state index in [2.05, 4.69) is 10.6 Å². The van der Waals surface area contributed by atoms with Crippen LogP contribution in [0.5, 0.6) is 0 Å². The first kappa shape index (κ1) is 15.6. The van der Waals surface area contributed by atoms with Gasteiger partial charge in [-0.2, -0.15) is 0 Å². The molecule has 2 aliphatic rings. The van der Waals surface area contributed by atoms with E-state index in [1.165, 1.54) is 0 Å². The molecule has 0 aromatic carbocycles. The second-order valence-electron chi connectivity index (χ2n) is 6.16. The van der Waals surface area contributed by atoms with Crippen LogP contribution in [0.15, 0.2) is 0 Å². The number of nitrogens with one attached hydrogen (secondary N) is 2. The average molecular weight is 297 g/mol. The highest BCUT2D eigenvalue weighted by Crippen LogP contribution is 2.48. The van der Waals surface area contributed by atoms with E-state index in [9.17, 15) is 19.5 Å². The van der Waals surface area contributed by atoms with E-state index in [4.69, 9.17) is 0 Å². The molecule has 1 saturated carbocycles. The molecule has 0 spiro atoms. The van der Waals surface area contributed by atoms with Crippen molar-refractivity contribution >= 4 is 17.9 Å². The Balaban J connectivity index is 1.93. The van der Waals surface area contributed by atoms with E-state index >= 15 is 0 Å². The van der Waals surface area contributed by atoms with Crippen LogP contribution in [-0.2, 0) is 9.59 Å². The van der Waals surface area contributed by atoms with Gasteiger partial charge in [-0.05, 0) is 25.7 Å². The summed E-state index contributed by atoms with van der Waals surface area (Å²) in [5, 5.41) is 14.8. The Morgan fingerprint density at radius 3 is 2.71 bits per heavy atom. The molecule has 1 aliphatic heterocycles. The number of fused-ring (bicyclic) bond motifs is 1. The zero-order valence-corrected chi connectivity index (χ0v) is 12.5. The van der Waals surface area contributed by atoms with Crippen LogP contribution in [0, 0.1) is 11.3 Å². The molecule has 0 bridgehead atoms. The highest BCUT2D eigenvalue weighted by atomic mass is 16.4.